The minimum Gasteiger partial charge on any atom is -0.366 e. The van der Waals surface area contributed by atoms with Crippen LogP contribution in [0.4, 0.5) is 11.8 Å². The zero-order valence-corrected chi connectivity index (χ0v) is 15.3. The van der Waals surface area contributed by atoms with Crippen molar-refractivity contribution in [2.75, 3.05) is 10.6 Å². The van der Waals surface area contributed by atoms with Gasteiger partial charge in [-0.1, -0.05) is 47.5 Å². The van der Waals surface area contributed by atoms with Crippen LogP contribution in [0.5, 0.6) is 0 Å². The number of rotatable bonds is 6. The molecule has 0 aliphatic rings. The molecule has 6 heteroatoms. The number of aromatic nitrogens is 2. The van der Waals surface area contributed by atoms with Crippen molar-refractivity contribution >= 4 is 35.0 Å². The Labute approximate surface area is 157 Å². The van der Waals surface area contributed by atoms with Gasteiger partial charge in [0.15, 0.2) is 0 Å². The summed E-state index contributed by atoms with van der Waals surface area (Å²) in [6.45, 7) is 3.25. The van der Waals surface area contributed by atoms with E-state index >= 15 is 0 Å². The van der Waals surface area contributed by atoms with E-state index in [1.807, 2.05) is 61.5 Å². The number of nitrogens with one attached hydrogen (secondary N) is 2. The van der Waals surface area contributed by atoms with Gasteiger partial charge in [0.25, 0.3) is 0 Å². The van der Waals surface area contributed by atoms with E-state index in [9.17, 15) is 0 Å². The van der Waals surface area contributed by atoms with Gasteiger partial charge in [0.1, 0.15) is 5.82 Å². The van der Waals surface area contributed by atoms with E-state index in [4.69, 9.17) is 23.2 Å². The van der Waals surface area contributed by atoms with E-state index in [2.05, 4.69) is 20.6 Å². The van der Waals surface area contributed by atoms with Gasteiger partial charge in [-0.3, -0.25) is 0 Å². The number of benzene rings is 2. The summed E-state index contributed by atoms with van der Waals surface area (Å²) in [7, 11) is 0. The van der Waals surface area contributed by atoms with E-state index in [-0.39, 0.29) is 0 Å². The monoisotopic (exact) mass is 372 g/mol. The van der Waals surface area contributed by atoms with Gasteiger partial charge in [-0.2, -0.15) is 4.98 Å². The highest BCUT2D eigenvalue weighted by atomic mass is 35.5. The highest BCUT2D eigenvalue weighted by Gasteiger charge is 2.03. The lowest BCUT2D eigenvalue weighted by Gasteiger charge is -2.10. The van der Waals surface area contributed by atoms with Gasteiger partial charge >= 0.3 is 0 Å². The molecular formula is C19H18Cl2N4. The number of aryl methyl sites for hydroxylation is 1. The van der Waals surface area contributed by atoms with Crippen molar-refractivity contribution in [3.63, 3.8) is 0 Å². The molecule has 128 valence electrons. The Morgan fingerprint density at radius 3 is 1.84 bits per heavy atom. The molecule has 25 heavy (non-hydrogen) atoms. The fourth-order valence-electron chi connectivity index (χ4n) is 2.32. The summed E-state index contributed by atoms with van der Waals surface area (Å²) in [5.41, 5.74) is 3.15. The molecule has 3 rings (SSSR count). The van der Waals surface area contributed by atoms with Gasteiger partial charge in [0.05, 0.1) is 0 Å². The van der Waals surface area contributed by atoms with Crippen molar-refractivity contribution in [1.29, 1.82) is 0 Å². The Hall–Kier alpha value is -2.30. The van der Waals surface area contributed by atoms with Gasteiger partial charge in [-0.15, -0.1) is 0 Å². The largest absolute Gasteiger partial charge is 0.366 e. The summed E-state index contributed by atoms with van der Waals surface area (Å²) in [5.74, 6) is 1.37. The highest BCUT2D eigenvalue weighted by Crippen LogP contribution is 2.15. The molecule has 2 N–H and O–H groups in total. The Kier molecular flexibility index (Phi) is 5.74. The zero-order valence-electron chi connectivity index (χ0n) is 13.8. The first kappa shape index (κ1) is 17.5. The van der Waals surface area contributed by atoms with Crippen LogP contribution in [0.3, 0.4) is 0 Å². The topological polar surface area (TPSA) is 49.8 Å². The predicted molar refractivity (Wildman–Crippen MR) is 104 cm³/mol. The van der Waals surface area contributed by atoms with Crippen molar-refractivity contribution in [2.24, 2.45) is 0 Å². The Bertz CT molecular complexity index is 765. The molecule has 0 saturated carbocycles. The molecule has 1 heterocycles. The van der Waals surface area contributed by atoms with Gasteiger partial charge in [0.2, 0.25) is 5.95 Å². The maximum absolute atomic E-state index is 5.91. The molecule has 0 aliphatic heterocycles. The molecule has 1 aromatic heterocycles. The summed E-state index contributed by atoms with van der Waals surface area (Å²) >= 11 is 11.8. The molecule has 0 unspecified atom stereocenters. The van der Waals surface area contributed by atoms with Crippen molar-refractivity contribution < 1.29 is 0 Å². The first-order chi connectivity index (χ1) is 12.1. The third-order valence-corrected chi connectivity index (χ3v) is 4.11. The second-order valence-electron chi connectivity index (χ2n) is 5.68. The van der Waals surface area contributed by atoms with Crippen LogP contribution in [0.1, 0.15) is 16.8 Å². The zero-order chi connectivity index (χ0) is 17.6. The third kappa shape index (κ3) is 5.34. The molecule has 2 aromatic carbocycles. The fourth-order valence-corrected chi connectivity index (χ4v) is 2.57. The first-order valence-corrected chi connectivity index (χ1v) is 8.66. The lowest BCUT2D eigenvalue weighted by molar-refractivity contribution is 1.01. The van der Waals surface area contributed by atoms with Crippen molar-refractivity contribution in [1.82, 2.24) is 9.97 Å². The number of halogens is 2. The van der Waals surface area contributed by atoms with Gasteiger partial charge in [-0.05, 0) is 42.3 Å². The minimum atomic E-state index is 0.591. The predicted octanol–water partition coefficient (Wildman–Crippen LogP) is 5.32. The number of hydrogen-bond donors (Lipinski definition) is 2. The lowest BCUT2D eigenvalue weighted by Crippen LogP contribution is -2.08. The van der Waals surface area contributed by atoms with E-state index < -0.39 is 0 Å². The smallest absolute Gasteiger partial charge is 0.225 e. The number of anilines is 2. The molecule has 0 atom stereocenters. The summed E-state index contributed by atoms with van der Waals surface area (Å²) in [6, 6.07) is 17.3. The first-order valence-electron chi connectivity index (χ1n) is 7.91. The minimum absolute atomic E-state index is 0.591. The standard InChI is InChI=1S/C19H18Cl2N4/c1-13-10-18(22-11-14-2-6-16(20)7-3-14)25-19(24-13)23-12-15-4-8-17(21)9-5-15/h2-10H,11-12H2,1H3,(H2,22,23,24,25). The molecule has 0 amide bonds. The molecule has 0 fully saturated rings. The van der Waals surface area contributed by atoms with Crippen LogP contribution in [0.15, 0.2) is 54.6 Å². The molecule has 0 spiro atoms. The second kappa shape index (κ2) is 8.19. The molecule has 0 aliphatic carbocycles. The van der Waals surface area contributed by atoms with Crippen LogP contribution >= 0.6 is 23.2 Å². The van der Waals surface area contributed by atoms with E-state index in [1.54, 1.807) is 0 Å². The number of nitrogens with zero attached hydrogens (tertiary/aromatic N) is 2. The van der Waals surface area contributed by atoms with Gasteiger partial charge in [0, 0.05) is 34.9 Å². The highest BCUT2D eigenvalue weighted by molar-refractivity contribution is 6.30. The molecular weight excluding hydrogens is 355 g/mol. The summed E-state index contributed by atoms with van der Waals surface area (Å²) in [5, 5.41) is 8.02. The molecule has 4 nitrogen and oxygen atoms in total. The molecule has 3 aromatic rings. The van der Waals surface area contributed by atoms with Gasteiger partial charge < -0.3 is 10.6 Å². The van der Waals surface area contributed by atoms with Crippen LogP contribution in [0.2, 0.25) is 10.0 Å². The SMILES string of the molecule is Cc1cc(NCc2ccc(Cl)cc2)nc(NCc2ccc(Cl)cc2)n1. The molecule has 0 bridgehead atoms. The third-order valence-electron chi connectivity index (χ3n) is 3.60. The number of hydrogen-bond acceptors (Lipinski definition) is 4. The molecule has 0 saturated heterocycles. The molecule has 0 radical (unpaired) electrons. The van der Waals surface area contributed by atoms with Crippen molar-refractivity contribution in [2.45, 2.75) is 20.0 Å². The van der Waals surface area contributed by atoms with Crippen LogP contribution < -0.4 is 10.6 Å². The van der Waals surface area contributed by atoms with Crippen LogP contribution in [0, 0.1) is 6.92 Å². The summed E-state index contributed by atoms with van der Waals surface area (Å²) in [4.78, 5) is 8.94. The average Bonchev–Trinajstić information content (AvgIpc) is 2.60. The maximum Gasteiger partial charge on any atom is 0.225 e. The van der Waals surface area contributed by atoms with E-state index in [1.165, 1.54) is 0 Å². The van der Waals surface area contributed by atoms with Crippen molar-refractivity contribution in [3.8, 4) is 0 Å². The van der Waals surface area contributed by atoms with Gasteiger partial charge in [-0.25, -0.2) is 4.98 Å². The maximum atomic E-state index is 5.91. The average molecular weight is 373 g/mol. The quantitative estimate of drug-likeness (QED) is 0.614. The van der Waals surface area contributed by atoms with Crippen LogP contribution in [0.25, 0.3) is 0 Å². The summed E-state index contributed by atoms with van der Waals surface area (Å²) in [6.07, 6.45) is 0. The Morgan fingerprint density at radius 2 is 1.28 bits per heavy atom. The van der Waals surface area contributed by atoms with Crippen LogP contribution in [-0.2, 0) is 13.1 Å². The van der Waals surface area contributed by atoms with E-state index in [0.29, 0.717) is 19.0 Å². The normalized spacial score (nSPS) is 10.5. The van der Waals surface area contributed by atoms with E-state index in [0.717, 1.165) is 32.7 Å². The summed E-state index contributed by atoms with van der Waals surface area (Å²) < 4.78 is 0. The Morgan fingerprint density at radius 1 is 0.760 bits per heavy atom. The van der Waals surface area contributed by atoms with Crippen molar-refractivity contribution in [3.05, 3.63) is 81.5 Å². The Balaban J connectivity index is 1.63. The second-order valence-corrected chi connectivity index (χ2v) is 6.55. The fraction of sp³-hybridized carbons (Fsp3) is 0.158. The van der Waals surface area contributed by atoms with Crippen LogP contribution in [-0.4, -0.2) is 9.97 Å². The lowest BCUT2D eigenvalue weighted by atomic mass is 10.2.